The molecule has 0 amide bonds. The molecule has 1 atom stereocenters. The van der Waals surface area contributed by atoms with Crippen LogP contribution in [0, 0.1) is 5.41 Å². The Kier molecular flexibility index (Phi) is 3.83. The van der Waals surface area contributed by atoms with Crippen molar-refractivity contribution in [1.29, 1.82) is 0 Å². The van der Waals surface area contributed by atoms with Crippen molar-refractivity contribution >= 4 is 11.7 Å². The molecular weight excluding hydrogens is 238 g/mol. The van der Waals surface area contributed by atoms with Crippen molar-refractivity contribution in [3.8, 4) is 0 Å². The minimum Gasteiger partial charge on any atom is -0.467 e. The zero-order valence-electron chi connectivity index (χ0n) is 12.0. The van der Waals surface area contributed by atoms with Gasteiger partial charge in [0.2, 0.25) is 0 Å². The van der Waals surface area contributed by atoms with E-state index in [9.17, 15) is 4.79 Å². The van der Waals surface area contributed by atoms with E-state index in [2.05, 4.69) is 19.2 Å². The highest BCUT2D eigenvalue weighted by atomic mass is 16.5. The van der Waals surface area contributed by atoms with E-state index in [4.69, 9.17) is 4.74 Å². The molecule has 3 heteroatoms. The molecule has 19 heavy (non-hydrogen) atoms. The molecule has 1 unspecified atom stereocenters. The zero-order valence-corrected chi connectivity index (χ0v) is 12.0. The van der Waals surface area contributed by atoms with E-state index in [1.165, 1.54) is 7.11 Å². The van der Waals surface area contributed by atoms with E-state index in [-0.39, 0.29) is 11.4 Å². The third-order valence-electron chi connectivity index (χ3n) is 3.97. The molecule has 0 aromatic heterocycles. The predicted octanol–water partition coefficient (Wildman–Crippen LogP) is 3.61. The van der Waals surface area contributed by atoms with Crippen molar-refractivity contribution in [3.05, 3.63) is 30.3 Å². The Hall–Kier alpha value is -1.51. The van der Waals surface area contributed by atoms with Gasteiger partial charge in [-0.15, -0.1) is 0 Å². The Morgan fingerprint density at radius 2 is 1.89 bits per heavy atom. The molecule has 0 saturated heterocycles. The maximum Gasteiger partial charge on any atom is 0.331 e. The summed E-state index contributed by atoms with van der Waals surface area (Å²) in [6, 6.07) is 9.90. The SMILES string of the molecule is COC(=O)C1(Nc2ccccc2)CCCC(C)(C)C1. The number of carbonyl (C=O) groups is 1. The van der Waals surface area contributed by atoms with Crippen molar-refractivity contribution < 1.29 is 9.53 Å². The summed E-state index contributed by atoms with van der Waals surface area (Å²) in [4.78, 5) is 12.3. The Bertz CT molecular complexity index is 441. The van der Waals surface area contributed by atoms with Crippen molar-refractivity contribution in [2.24, 2.45) is 5.41 Å². The first kappa shape index (κ1) is 13.9. The lowest BCUT2D eigenvalue weighted by Gasteiger charge is -2.43. The Morgan fingerprint density at radius 1 is 1.21 bits per heavy atom. The molecule has 1 saturated carbocycles. The summed E-state index contributed by atoms with van der Waals surface area (Å²) in [5.41, 5.74) is 0.553. The predicted molar refractivity (Wildman–Crippen MR) is 77.1 cm³/mol. The second-order valence-corrected chi connectivity index (χ2v) is 6.26. The maximum absolute atomic E-state index is 12.3. The van der Waals surface area contributed by atoms with Crippen LogP contribution in [0.15, 0.2) is 30.3 Å². The first-order chi connectivity index (χ1) is 8.97. The molecule has 3 nitrogen and oxygen atoms in total. The molecule has 1 aromatic rings. The minimum atomic E-state index is -0.585. The molecule has 1 aromatic carbocycles. The van der Waals surface area contributed by atoms with E-state index >= 15 is 0 Å². The van der Waals surface area contributed by atoms with E-state index < -0.39 is 5.54 Å². The van der Waals surface area contributed by atoms with Gasteiger partial charge in [0.05, 0.1) is 7.11 Å². The molecule has 0 heterocycles. The molecule has 0 spiro atoms. The van der Waals surface area contributed by atoms with Gasteiger partial charge in [0.1, 0.15) is 5.54 Å². The maximum atomic E-state index is 12.3. The molecule has 104 valence electrons. The average Bonchev–Trinajstić information content (AvgIpc) is 2.37. The van der Waals surface area contributed by atoms with Crippen LogP contribution in [0.1, 0.15) is 39.5 Å². The fraction of sp³-hybridized carbons (Fsp3) is 0.562. The second-order valence-electron chi connectivity index (χ2n) is 6.26. The van der Waals surface area contributed by atoms with Crippen LogP contribution in [0.25, 0.3) is 0 Å². The lowest BCUT2D eigenvalue weighted by Crippen LogP contribution is -2.52. The fourth-order valence-corrected chi connectivity index (χ4v) is 3.19. The molecule has 0 radical (unpaired) electrons. The van der Waals surface area contributed by atoms with Gasteiger partial charge in [-0.25, -0.2) is 4.79 Å². The van der Waals surface area contributed by atoms with Crippen LogP contribution >= 0.6 is 0 Å². The summed E-state index contributed by atoms with van der Waals surface area (Å²) >= 11 is 0. The largest absolute Gasteiger partial charge is 0.467 e. The van der Waals surface area contributed by atoms with Gasteiger partial charge in [0.15, 0.2) is 0 Å². The molecule has 2 rings (SSSR count). The minimum absolute atomic E-state index is 0.149. The fourth-order valence-electron chi connectivity index (χ4n) is 3.19. The van der Waals surface area contributed by atoms with E-state index in [0.717, 1.165) is 31.4 Å². The quantitative estimate of drug-likeness (QED) is 0.845. The highest BCUT2D eigenvalue weighted by Crippen LogP contribution is 2.43. The van der Waals surface area contributed by atoms with Crippen LogP contribution < -0.4 is 5.32 Å². The van der Waals surface area contributed by atoms with Gasteiger partial charge in [-0.05, 0) is 43.2 Å². The third kappa shape index (κ3) is 3.09. The van der Waals surface area contributed by atoms with Crippen LogP contribution in [0.5, 0.6) is 0 Å². The lowest BCUT2D eigenvalue weighted by molar-refractivity contribution is -0.148. The Morgan fingerprint density at radius 3 is 2.47 bits per heavy atom. The monoisotopic (exact) mass is 261 g/mol. The highest BCUT2D eigenvalue weighted by Gasteiger charge is 2.46. The first-order valence-corrected chi connectivity index (χ1v) is 6.89. The summed E-state index contributed by atoms with van der Waals surface area (Å²) < 4.78 is 5.06. The number of methoxy groups -OCH3 is 1. The Balaban J connectivity index is 2.27. The number of benzene rings is 1. The number of esters is 1. The molecule has 0 bridgehead atoms. The summed E-state index contributed by atoms with van der Waals surface area (Å²) in [6.45, 7) is 4.44. The standard InChI is InChI=1S/C16H23NO2/c1-15(2)10-7-11-16(12-15,14(18)19-3)17-13-8-5-4-6-9-13/h4-6,8-9,17H,7,10-12H2,1-3H3. The summed E-state index contributed by atoms with van der Waals surface area (Å²) in [5.74, 6) is -0.149. The lowest BCUT2D eigenvalue weighted by atomic mass is 9.68. The second kappa shape index (κ2) is 5.24. The van der Waals surface area contributed by atoms with Gasteiger partial charge in [-0.2, -0.15) is 0 Å². The number of anilines is 1. The third-order valence-corrected chi connectivity index (χ3v) is 3.97. The topological polar surface area (TPSA) is 38.3 Å². The average molecular weight is 261 g/mol. The molecular formula is C16H23NO2. The Labute approximate surface area is 115 Å². The van der Waals surface area contributed by atoms with Gasteiger partial charge >= 0.3 is 5.97 Å². The van der Waals surface area contributed by atoms with Crippen molar-refractivity contribution in [3.63, 3.8) is 0 Å². The van der Waals surface area contributed by atoms with Crippen LogP contribution in [-0.4, -0.2) is 18.6 Å². The summed E-state index contributed by atoms with van der Waals surface area (Å²) in [5, 5.41) is 3.43. The number of hydrogen-bond acceptors (Lipinski definition) is 3. The molecule has 1 aliphatic carbocycles. The van der Waals surface area contributed by atoms with Crippen molar-refractivity contribution in [2.45, 2.75) is 45.1 Å². The number of nitrogens with one attached hydrogen (secondary N) is 1. The van der Waals surface area contributed by atoms with Crippen LogP contribution in [0.3, 0.4) is 0 Å². The van der Waals surface area contributed by atoms with E-state index in [0.29, 0.717) is 0 Å². The van der Waals surface area contributed by atoms with Gasteiger partial charge in [-0.3, -0.25) is 0 Å². The van der Waals surface area contributed by atoms with Gasteiger partial charge < -0.3 is 10.1 Å². The number of carbonyl (C=O) groups excluding carboxylic acids is 1. The normalized spacial score (nSPS) is 25.6. The molecule has 0 aliphatic heterocycles. The molecule has 1 N–H and O–H groups in total. The smallest absolute Gasteiger partial charge is 0.331 e. The van der Waals surface area contributed by atoms with Gasteiger partial charge in [0, 0.05) is 5.69 Å². The first-order valence-electron chi connectivity index (χ1n) is 6.89. The number of hydrogen-bond donors (Lipinski definition) is 1. The van der Waals surface area contributed by atoms with E-state index in [1.807, 2.05) is 30.3 Å². The van der Waals surface area contributed by atoms with Gasteiger partial charge in [-0.1, -0.05) is 32.0 Å². The number of ether oxygens (including phenoxy) is 1. The van der Waals surface area contributed by atoms with Crippen LogP contribution in [0.2, 0.25) is 0 Å². The highest BCUT2D eigenvalue weighted by molar-refractivity contribution is 5.84. The van der Waals surface area contributed by atoms with Gasteiger partial charge in [0.25, 0.3) is 0 Å². The summed E-state index contributed by atoms with van der Waals surface area (Å²) in [6.07, 6.45) is 3.84. The van der Waals surface area contributed by atoms with Crippen LogP contribution in [0.4, 0.5) is 5.69 Å². The molecule has 1 fully saturated rings. The molecule has 1 aliphatic rings. The number of rotatable bonds is 3. The zero-order chi connectivity index (χ0) is 13.9. The van der Waals surface area contributed by atoms with E-state index in [1.54, 1.807) is 0 Å². The van der Waals surface area contributed by atoms with Crippen LogP contribution in [-0.2, 0) is 9.53 Å². The van der Waals surface area contributed by atoms with Crippen molar-refractivity contribution in [2.75, 3.05) is 12.4 Å². The number of para-hydroxylation sites is 1. The summed E-state index contributed by atoms with van der Waals surface area (Å²) in [7, 11) is 1.47. The van der Waals surface area contributed by atoms with Crippen molar-refractivity contribution in [1.82, 2.24) is 0 Å².